The fourth-order valence-electron chi connectivity index (χ4n) is 2.60. The predicted octanol–water partition coefficient (Wildman–Crippen LogP) is 3.44. The summed E-state index contributed by atoms with van der Waals surface area (Å²) in [6.45, 7) is -0.00371. The Kier molecular flexibility index (Phi) is 4.24. The second kappa shape index (κ2) is 6.16. The molecule has 116 valence electrons. The van der Waals surface area contributed by atoms with E-state index >= 15 is 0 Å². The topological polar surface area (TPSA) is 46.9 Å². The predicted molar refractivity (Wildman–Crippen MR) is 81.6 cm³/mol. The lowest BCUT2D eigenvalue weighted by Gasteiger charge is -2.09. The van der Waals surface area contributed by atoms with Crippen LogP contribution >= 0.6 is 15.9 Å². The SMILES string of the molecule is O=C(Cn1cc2c(n1)CCCC2)Nc1c(F)cc(F)cc1Br. The van der Waals surface area contributed by atoms with E-state index in [-0.39, 0.29) is 16.7 Å². The molecule has 0 radical (unpaired) electrons. The van der Waals surface area contributed by atoms with Crippen LogP contribution < -0.4 is 5.32 Å². The van der Waals surface area contributed by atoms with Crippen molar-refractivity contribution in [2.24, 2.45) is 0 Å². The number of benzene rings is 1. The number of fused-ring (bicyclic) bond motifs is 1. The highest BCUT2D eigenvalue weighted by atomic mass is 79.9. The number of carbonyl (C=O) groups is 1. The molecular weight excluding hydrogens is 356 g/mol. The molecule has 0 bridgehead atoms. The first-order chi connectivity index (χ1) is 10.5. The highest BCUT2D eigenvalue weighted by Gasteiger charge is 2.16. The smallest absolute Gasteiger partial charge is 0.246 e. The molecule has 7 heteroatoms. The molecule has 1 N–H and O–H groups in total. The van der Waals surface area contributed by atoms with Gasteiger partial charge in [-0.3, -0.25) is 9.48 Å². The van der Waals surface area contributed by atoms with Gasteiger partial charge in [-0.1, -0.05) is 0 Å². The Morgan fingerprint density at radius 3 is 2.82 bits per heavy atom. The Bertz CT molecular complexity index is 683. The number of aryl methyl sites for hydroxylation is 2. The van der Waals surface area contributed by atoms with Crippen molar-refractivity contribution in [3.63, 3.8) is 0 Å². The maximum Gasteiger partial charge on any atom is 0.246 e. The van der Waals surface area contributed by atoms with E-state index in [1.54, 1.807) is 4.68 Å². The van der Waals surface area contributed by atoms with Gasteiger partial charge in [0.1, 0.15) is 12.4 Å². The molecule has 0 saturated carbocycles. The van der Waals surface area contributed by atoms with Crippen molar-refractivity contribution in [2.75, 3.05) is 5.32 Å². The number of rotatable bonds is 3. The maximum absolute atomic E-state index is 13.7. The highest BCUT2D eigenvalue weighted by Crippen LogP contribution is 2.27. The van der Waals surface area contributed by atoms with Crippen LogP contribution in [0.15, 0.2) is 22.8 Å². The molecular formula is C15H14BrF2N3O. The Hall–Kier alpha value is -1.76. The van der Waals surface area contributed by atoms with E-state index < -0.39 is 17.5 Å². The lowest BCUT2D eigenvalue weighted by atomic mass is 9.99. The van der Waals surface area contributed by atoms with Crippen LogP contribution in [0.5, 0.6) is 0 Å². The first-order valence-electron chi connectivity index (χ1n) is 7.02. The second-order valence-electron chi connectivity index (χ2n) is 5.30. The van der Waals surface area contributed by atoms with Crippen LogP contribution in [0.2, 0.25) is 0 Å². The molecule has 0 saturated heterocycles. The summed E-state index contributed by atoms with van der Waals surface area (Å²) in [5.74, 6) is -1.94. The average molecular weight is 370 g/mol. The van der Waals surface area contributed by atoms with Crippen molar-refractivity contribution in [1.29, 1.82) is 0 Å². The van der Waals surface area contributed by atoms with E-state index in [2.05, 4.69) is 26.3 Å². The summed E-state index contributed by atoms with van der Waals surface area (Å²) in [5, 5.41) is 6.83. The van der Waals surface area contributed by atoms with Gasteiger partial charge in [-0.15, -0.1) is 0 Å². The normalized spacial score (nSPS) is 13.8. The van der Waals surface area contributed by atoms with Crippen LogP contribution in [0.25, 0.3) is 0 Å². The van der Waals surface area contributed by atoms with E-state index in [1.165, 1.54) is 5.56 Å². The molecule has 4 nitrogen and oxygen atoms in total. The second-order valence-corrected chi connectivity index (χ2v) is 6.15. The molecule has 2 aromatic rings. The van der Waals surface area contributed by atoms with Gasteiger partial charge in [0.15, 0.2) is 5.82 Å². The fraction of sp³-hybridized carbons (Fsp3) is 0.333. The molecule has 1 aliphatic rings. The maximum atomic E-state index is 13.7. The van der Waals surface area contributed by atoms with Crippen molar-refractivity contribution < 1.29 is 13.6 Å². The number of nitrogens with zero attached hydrogens (tertiary/aromatic N) is 2. The van der Waals surface area contributed by atoms with Gasteiger partial charge in [-0.2, -0.15) is 5.10 Å². The molecule has 1 heterocycles. The van der Waals surface area contributed by atoms with Crippen molar-refractivity contribution in [3.05, 3.63) is 45.7 Å². The Morgan fingerprint density at radius 2 is 2.09 bits per heavy atom. The van der Waals surface area contributed by atoms with Gasteiger partial charge in [0.2, 0.25) is 5.91 Å². The van der Waals surface area contributed by atoms with Crippen LogP contribution in [-0.4, -0.2) is 15.7 Å². The van der Waals surface area contributed by atoms with E-state index in [0.29, 0.717) is 0 Å². The zero-order valence-corrected chi connectivity index (χ0v) is 13.3. The van der Waals surface area contributed by atoms with E-state index in [9.17, 15) is 13.6 Å². The molecule has 1 amide bonds. The summed E-state index contributed by atoms with van der Waals surface area (Å²) in [6, 6.07) is 1.83. The number of aromatic nitrogens is 2. The number of amides is 1. The van der Waals surface area contributed by atoms with Crippen LogP contribution in [0, 0.1) is 11.6 Å². The summed E-state index contributed by atoms with van der Waals surface area (Å²) >= 11 is 3.04. The first-order valence-corrected chi connectivity index (χ1v) is 7.82. The summed E-state index contributed by atoms with van der Waals surface area (Å²) in [6.07, 6.45) is 6.03. The standard InChI is InChI=1S/C15H14BrF2N3O/c16-11-5-10(17)6-12(18)15(11)19-14(22)8-21-7-9-3-1-2-4-13(9)20-21/h5-7H,1-4,8H2,(H,19,22). The molecule has 22 heavy (non-hydrogen) atoms. The Morgan fingerprint density at radius 1 is 1.32 bits per heavy atom. The molecule has 0 aliphatic heterocycles. The molecule has 1 aromatic carbocycles. The van der Waals surface area contributed by atoms with Crippen LogP contribution in [0.1, 0.15) is 24.1 Å². The Balaban J connectivity index is 1.72. The third-order valence-electron chi connectivity index (χ3n) is 3.61. The number of hydrogen-bond acceptors (Lipinski definition) is 2. The van der Waals surface area contributed by atoms with E-state index in [4.69, 9.17) is 0 Å². The summed E-state index contributed by atoms with van der Waals surface area (Å²) in [4.78, 5) is 12.0. The molecule has 1 aliphatic carbocycles. The van der Waals surface area contributed by atoms with E-state index in [0.717, 1.165) is 43.5 Å². The molecule has 0 spiro atoms. The van der Waals surface area contributed by atoms with Crippen LogP contribution in [-0.2, 0) is 24.2 Å². The van der Waals surface area contributed by atoms with Crippen molar-refractivity contribution in [3.8, 4) is 0 Å². The average Bonchev–Trinajstić information content (AvgIpc) is 2.84. The van der Waals surface area contributed by atoms with Crippen molar-refractivity contribution in [1.82, 2.24) is 9.78 Å². The van der Waals surface area contributed by atoms with Gasteiger partial charge in [0.25, 0.3) is 0 Å². The molecule has 0 atom stereocenters. The van der Waals surface area contributed by atoms with Gasteiger partial charge < -0.3 is 5.32 Å². The van der Waals surface area contributed by atoms with Gasteiger partial charge in [-0.25, -0.2) is 8.78 Å². The van der Waals surface area contributed by atoms with Crippen molar-refractivity contribution in [2.45, 2.75) is 32.2 Å². The lowest BCUT2D eigenvalue weighted by Crippen LogP contribution is -2.20. The van der Waals surface area contributed by atoms with E-state index in [1.807, 2.05) is 6.20 Å². The van der Waals surface area contributed by atoms with Gasteiger partial charge in [-0.05, 0) is 53.2 Å². The summed E-state index contributed by atoms with van der Waals surface area (Å²) < 4.78 is 28.5. The third-order valence-corrected chi connectivity index (χ3v) is 4.24. The lowest BCUT2D eigenvalue weighted by molar-refractivity contribution is -0.116. The quantitative estimate of drug-likeness (QED) is 0.900. The number of anilines is 1. The molecule has 3 rings (SSSR count). The largest absolute Gasteiger partial charge is 0.321 e. The minimum atomic E-state index is -0.819. The third kappa shape index (κ3) is 3.19. The van der Waals surface area contributed by atoms with Gasteiger partial charge in [0.05, 0.1) is 11.4 Å². The number of nitrogens with one attached hydrogen (secondary N) is 1. The zero-order chi connectivity index (χ0) is 15.7. The summed E-state index contributed by atoms with van der Waals surface area (Å²) in [5.41, 5.74) is 2.14. The van der Waals surface area contributed by atoms with Crippen molar-refractivity contribution >= 4 is 27.5 Å². The Labute approximate surface area is 134 Å². The fourth-order valence-corrected chi connectivity index (χ4v) is 3.11. The van der Waals surface area contributed by atoms with Crippen LogP contribution in [0.4, 0.5) is 14.5 Å². The minimum Gasteiger partial charge on any atom is -0.321 e. The van der Waals surface area contributed by atoms with Gasteiger partial charge in [0, 0.05) is 16.7 Å². The molecule has 0 fully saturated rings. The summed E-state index contributed by atoms with van der Waals surface area (Å²) in [7, 11) is 0. The minimum absolute atomic E-state index is 0.00371. The first kappa shape index (κ1) is 15.1. The number of carbonyl (C=O) groups excluding carboxylic acids is 1. The zero-order valence-electron chi connectivity index (χ0n) is 11.7. The highest BCUT2D eigenvalue weighted by molar-refractivity contribution is 9.10. The monoisotopic (exact) mass is 369 g/mol. The number of hydrogen-bond donors (Lipinski definition) is 1. The van der Waals surface area contributed by atoms with Crippen LogP contribution in [0.3, 0.4) is 0 Å². The molecule has 1 aromatic heterocycles. The number of halogens is 3. The van der Waals surface area contributed by atoms with Gasteiger partial charge >= 0.3 is 0 Å². The molecule has 0 unspecified atom stereocenters.